The van der Waals surface area contributed by atoms with Crippen LogP contribution in [0, 0.1) is 5.95 Å². The second-order valence-corrected chi connectivity index (χ2v) is 4.11. The number of para-hydroxylation sites is 1. The molecule has 2 nitrogen and oxygen atoms in total. The Morgan fingerprint density at radius 2 is 1.94 bits per heavy atom. The molecule has 0 unspecified atom stereocenters. The summed E-state index contributed by atoms with van der Waals surface area (Å²) < 4.78 is 18.6. The predicted molar refractivity (Wildman–Crippen MR) is 64.8 cm³/mol. The van der Waals surface area contributed by atoms with Crippen molar-refractivity contribution in [3.8, 4) is 11.5 Å². The van der Waals surface area contributed by atoms with Crippen LogP contribution in [0.2, 0.25) is 0 Å². The van der Waals surface area contributed by atoms with E-state index in [9.17, 15) is 4.39 Å². The molecule has 2 aromatic rings. The van der Waals surface area contributed by atoms with Crippen LogP contribution >= 0.6 is 0 Å². The molecule has 0 bridgehead atoms. The highest BCUT2D eigenvalue weighted by Crippen LogP contribution is 2.30. The topological polar surface area (TPSA) is 22.1 Å². The summed E-state index contributed by atoms with van der Waals surface area (Å²) in [4.78, 5) is 3.49. The van der Waals surface area contributed by atoms with Crippen molar-refractivity contribution in [3.05, 3.63) is 54.1 Å². The minimum absolute atomic E-state index is 0.359. The van der Waals surface area contributed by atoms with E-state index in [2.05, 4.69) is 18.8 Å². The van der Waals surface area contributed by atoms with E-state index in [1.807, 2.05) is 24.3 Å². The van der Waals surface area contributed by atoms with Crippen LogP contribution in [0.1, 0.15) is 25.3 Å². The molecule has 0 aliphatic rings. The Balaban J connectivity index is 2.30. The molecule has 0 saturated carbocycles. The van der Waals surface area contributed by atoms with Gasteiger partial charge >= 0.3 is 0 Å². The van der Waals surface area contributed by atoms with Crippen LogP contribution < -0.4 is 4.74 Å². The third kappa shape index (κ3) is 2.81. The van der Waals surface area contributed by atoms with E-state index >= 15 is 0 Å². The van der Waals surface area contributed by atoms with E-state index in [-0.39, 0.29) is 0 Å². The highest BCUT2D eigenvalue weighted by Gasteiger charge is 2.08. The van der Waals surface area contributed by atoms with Gasteiger partial charge in [-0.1, -0.05) is 32.0 Å². The Morgan fingerprint density at radius 3 is 2.65 bits per heavy atom. The number of pyridine rings is 1. The zero-order valence-electron chi connectivity index (χ0n) is 9.85. The van der Waals surface area contributed by atoms with Crippen molar-refractivity contribution < 1.29 is 9.13 Å². The molecule has 1 heterocycles. The number of halogens is 1. The highest BCUT2D eigenvalue weighted by atomic mass is 19.1. The molecule has 0 aliphatic carbocycles. The smallest absolute Gasteiger partial charge is 0.216 e. The fourth-order valence-corrected chi connectivity index (χ4v) is 1.63. The molecule has 0 radical (unpaired) electrons. The number of benzene rings is 1. The van der Waals surface area contributed by atoms with Crippen LogP contribution in [0.5, 0.6) is 11.5 Å². The minimum Gasteiger partial charge on any atom is -0.457 e. The summed E-state index contributed by atoms with van der Waals surface area (Å²) in [5, 5.41) is 0. The van der Waals surface area contributed by atoms with Crippen molar-refractivity contribution in [1.82, 2.24) is 4.98 Å². The number of aromatic nitrogens is 1. The average molecular weight is 231 g/mol. The summed E-state index contributed by atoms with van der Waals surface area (Å²) in [6.07, 6.45) is 1.39. The first-order valence-electron chi connectivity index (χ1n) is 5.55. The maximum absolute atomic E-state index is 12.9. The molecule has 0 aliphatic heterocycles. The van der Waals surface area contributed by atoms with Crippen LogP contribution in [-0.4, -0.2) is 4.98 Å². The first-order valence-corrected chi connectivity index (χ1v) is 5.55. The Kier molecular flexibility index (Phi) is 3.38. The van der Waals surface area contributed by atoms with Gasteiger partial charge in [-0.25, -0.2) is 4.98 Å². The van der Waals surface area contributed by atoms with E-state index in [0.29, 0.717) is 11.7 Å². The molecular weight excluding hydrogens is 217 g/mol. The first kappa shape index (κ1) is 11.6. The van der Waals surface area contributed by atoms with Crippen molar-refractivity contribution in [2.75, 3.05) is 0 Å². The van der Waals surface area contributed by atoms with E-state index in [1.54, 1.807) is 6.07 Å². The largest absolute Gasteiger partial charge is 0.457 e. The molecule has 88 valence electrons. The monoisotopic (exact) mass is 231 g/mol. The number of hydrogen-bond acceptors (Lipinski definition) is 2. The fraction of sp³-hybridized carbons (Fsp3) is 0.214. The Labute approximate surface area is 100 Å². The normalized spacial score (nSPS) is 10.6. The van der Waals surface area contributed by atoms with Gasteiger partial charge in [0.1, 0.15) is 11.5 Å². The maximum Gasteiger partial charge on any atom is 0.216 e. The highest BCUT2D eigenvalue weighted by molar-refractivity contribution is 5.39. The lowest BCUT2D eigenvalue weighted by Crippen LogP contribution is -1.94. The second kappa shape index (κ2) is 4.95. The lowest BCUT2D eigenvalue weighted by atomic mass is 10.0. The molecule has 0 fully saturated rings. The molecule has 0 atom stereocenters. The van der Waals surface area contributed by atoms with Crippen molar-refractivity contribution in [2.24, 2.45) is 0 Å². The summed E-state index contributed by atoms with van der Waals surface area (Å²) in [6.45, 7) is 4.19. The molecule has 1 aromatic heterocycles. The summed E-state index contributed by atoms with van der Waals surface area (Å²) in [5.74, 6) is 1.04. The predicted octanol–water partition coefficient (Wildman–Crippen LogP) is 4.14. The summed E-state index contributed by atoms with van der Waals surface area (Å²) in [7, 11) is 0. The third-order valence-corrected chi connectivity index (χ3v) is 2.47. The van der Waals surface area contributed by atoms with Gasteiger partial charge in [0.05, 0.1) is 0 Å². The van der Waals surface area contributed by atoms with Crippen LogP contribution in [0.25, 0.3) is 0 Å². The number of hydrogen-bond donors (Lipinski definition) is 0. The van der Waals surface area contributed by atoms with E-state index in [1.165, 1.54) is 12.3 Å². The SMILES string of the molecule is CC(C)c1ccccc1Oc1ccnc(F)c1. The summed E-state index contributed by atoms with van der Waals surface area (Å²) >= 11 is 0. The summed E-state index contributed by atoms with van der Waals surface area (Å²) in [6, 6.07) is 10.7. The lowest BCUT2D eigenvalue weighted by molar-refractivity contribution is 0.464. The van der Waals surface area contributed by atoms with Gasteiger partial charge in [0.25, 0.3) is 0 Å². The lowest BCUT2D eigenvalue weighted by Gasteiger charge is -2.13. The van der Waals surface area contributed by atoms with Crippen LogP contribution in [0.15, 0.2) is 42.6 Å². The van der Waals surface area contributed by atoms with E-state index in [0.717, 1.165) is 11.3 Å². The van der Waals surface area contributed by atoms with Gasteiger partial charge in [0, 0.05) is 12.3 Å². The number of rotatable bonds is 3. The Hall–Kier alpha value is -1.90. The minimum atomic E-state index is -0.537. The van der Waals surface area contributed by atoms with Gasteiger partial charge in [-0.3, -0.25) is 0 Å². The van der Waals surface area contributed by atoms with E-state index < -0.39 is 5.95 Å². The van der Waals surface area contributed by atoms with Gasteiger partial charge in [0.15, 0.2) is 0 Å². The van der Waals surface area contributed by atoms with Gasteiger partial charge < -0.3 is 4.74 Å². The zero-order valence-corrected chi connectivity index (χ0v) is 9.85. The first-order chi connectivity index (χ1) is 8.16. The molecule has 17 heavy (non-hydrogen) atoms. The molecule has 0 saturated heterocycles. The Bertz CT molecular complexity index is 511. The quantitative estimate of drug-likeness (QED) is 0.741. The fourth-order valence-electron chi connectivity index (χ4n) is 1.63. The molecule has 3 heteroatoms. The van der Waals surface area contributed by atoms with Gasteiger partial charge in [0.2, 0.25) is 5.95 Å². The van der Waals surface area contributed by atoms with Crippen LogP contribution in [0.4, 0.5) is 4.39 Å². The molecule has 0 amide bonds. The number of ether oxygens (including phenoxy) is 1. The van der Waals surface area contributed by atoms with Crippen molar-refractivity contribution in [1.29, 1.82) is 0 Å². The van der Waals surface area contributed by atoms with Gasteiger partial charge in [-0.2, -0.15) is 4.39 Å². The molecule has 0 N–H and O–H groups in total. The number of nitrogens with zero attached hydrogens (tertiary/aromatic N) is 1. The third-order valence-electron chi connectivity index (χ3n) is 2.47. The zero-order chi connectivity index (χ0) is 12.3. The Morgan fingerprint density at radius 1 is 1.18 bits per heavy atom. The van der Waals surface area contributed by atoms with Crippen LogP contribution in [-0.2, 0) is 0 Å². The van der Waals surface area contributed by atoms with Crippen molar-refractivity contribution >= 4 is 0 Å². The molecular formula is C14H14FNO. The summed E-state index contributed by atoms with van der Waals surface area (Å²) in [5.41, 5.74) is 1.10. The molecule has 2 rings (SSSR count). The standard InChI is InChI=1S/C14H14FNO/c1-10(2)12-5-3-4-6-13(12)17-11-7-8-16-14(15)9-11/h3-10H,1-2H3. The van der Waals surface area contributed by atoms with Crippen molar-refractivity contribution in [3.63, 3.8) is 0 Å². The molecule has 1 aromatic carbocycles. The second-order valence-electron chi connectivity index (χ2n) is 4.11. The average Bonchev–Trinajstić information content (AvgIpc) is 2.29. The van der Waals surface area contributed by atoms with E-state index in [4.69, 9.17) is 4.74 Å². The van der Waals surface area contributed by atoms with Gasteiger partial charge in [-0.05, 0) is 23.6 Å². The van der Waals surface area contributed by atoms with Gasteiger partial charge in [-0.15, -0.1) is 0 Å². The van der Waals surface area contributed by atoms with Crippen LogP contribution in [0.3, 0.4) is 0 Å². The van der Waals surface area contributed by atoms with Crippen molar-refractivity contribution in [2.45, 2.75) is 19.8 Å². The maximum atomic E-state index is 12.9. The molecule has 0 spiro atoms.